The number of fused-ring (bicyclic) bond motifs is 3. The van der Waals surface area contributed by atoms with Gasteiger partial charge in [-0.15, -0.1) is 0 Å². The average molecular weight is 314 g/mol. The van der Waals surface area contributed by atoms with Crippen LogP contribution in [0.3, 0.4) is 0 Å². The molecule has 3 rings (SSSR count). The first-order chi connectivity index (χ1) is 10.0. The fourth-order valence-corrected chi connectivity index (χ4v) is 3.85. The second-order valence-corrected chi connectivity index (χ2v) is 6.91. The van der Waals surface area contributed by atoms with Crippen LogP contribution in [0.1, 0.15) is 11.1 Å². The molecule has 6 N–H and O–H groups in total. The van der Waals surface area contributed by atoms with E-state index >= 15 is 0 Å². The quantitative estimate of drug-likeness (QED) is 0.331. The van der Waals surface area contributed by atoms with E-state index in [2.05, 4.69) is 18.2 Å². The van der Waals surface area contributed by atoms with Crippen LogP contribution in [-0.2, 0) is 6.42 Å². The Morgan fingerprint density at radius 2 is 1.71 bits per heavy atom. The third kappa shape index (κ3) is 2.77. The summed E-state index contributed by atoms with van der Waals surface area (Å²) in [6.45, 7) is 0. The summed E-state index contributed by atoms with van der Waals surface area (Å²) in [5.74, 6) is 0. The first-order valence-electron chi connectivity index (χ1n) is 6.33. The van der Waals surface area contributed by atoms with Crippen molar-refractivity contribution in [2.45, 2.75) is 16.2 Å². The van der Waals surface area contributed by atoms with Crippen molar-refractivity contribution in [1.82, 2.24) is 0 Å². The summed E-state index contributed by atoms with van der Waals surface area (Å²) >= 11 is 2.55. The SMILES string of the molecule is N=C(N)Sc1ccc2c(c1)Cc1c(SC(=N)N)cccc1-2. The number of nitrogens with one attached hydrogen (secondary N) is 2. The predicted molar refractivity (Wildman–Crippen MR) is 90.2 cm³/mol. The van der Waals surface area contributed by atoms with Crippen LogP contribution in [0.25, 0.3) is 11.1 Å². The Morgan fingerprint density at radius 3 is 2.43 bits per heavy atom. The highest BCUT2D eigenvalue weighted by Crippen LogP contribution is 2.42. The van der Waals surface area contributed by atoms with Gasteiger partial charge in [-0.1, -0.05) is 41.7 Å². The molecule has 0 bridgehead atoms. The zero-order chi connectivity index (χ0) is 15.0. The second-order valence-electron chi connectivity index (χ2n) is 4.71. The van der Waals surface area contributed by atoms with Gasteiger partial charge in [-0.25, -0.2) is 0 Å². The van der Waals surface area contributed by atoms with Gasteiger partial charge in [0.25, 0.3) is 0 Å². The van der Waals surface area contributed by atoms with Crippen LogP contribution in [0.5, 0.6) is 0 Å². The highest BCUT2D eigenvalue weighted by atomic mass is 32.2. The van der Waals surface area contributed by atoms with E-state index in [4.69, 9.17) is 22.3 Å². The number of nitrogens with two attached hydrogens (primary N) is 2. The molecular weight excluding hydrogens is 300 g/mol. The van der Waals surface area contributed by atoms with Crippen LogP contribution in [-0.4, -0.2) is 10.3 Å². The Labute approximate surface area is 131 Å². The molecule has 0 aliphatic heterocycles. The largest absolute Gasteiger partial charge is 0.378 e. The number of amidine groups is 2. The molecule has 0 unspecified atom stereocenters. The third-order valence-electron chi connectivity index (χ3n) is 3.31. The van der Waals surface area contributed by atoms with E-state index in [0.717, 1.165) is 16.2 Å². The Balaban J connectivity index is 2.01. The van der Waals surface area contributed by atoms with Crippen molar-refractivity contribution in [3.8, 4) is 11.1 Å². The van der Waals surface area contributed by atoms with Crippen LogP contribution in [0.15, 0.2) is 46.2 Å². The molecule has 21 heavy (non-hydrogen) atoms. The number of rotatable bonds is 2. The summed E-state index contributed by atoms with van der Waals surface area (Å²) in [5.41, 5.74) is 15.8. The Morgan fingerprint density at radius 1 is 0.952 bits per heavy atom. The highest BCUT2D eigenvalue weighted by Gasteiger charge is 2.21. The first-order valence-corrected chi connectivity index (χ1v) is 7.97. The minimum absolute atomic E-state index is 0.0956. The van der Waals surface area contributed by atoms with Gasteiger partial charge in [-0.2, -0.15) is 0 Å². The van der Waals surface area contributed by atoms with E-state index in [0.29, 0.717) is 0 Å². The smallest absolute Gasteiger partial charge is 0.155 e. The molecule has 0 aromatic heterocycles. The van der Waals surface area contributed by atoms with Crippen molar-refractivity contribution < 1.29 is 0 Å². The standard InChI is InChI=1S/C15H14N4S2/c16-14(17)20-9-4-5-10-8(6-9)7-12-11(10)2-1-3-13(12)21-15(18)19/h1-6H,7H2,(H3,16,17)(H3,18,19). The summed E-state index contributed by atoms with van der Waals surface area (Å²) in [4.78, 5) is 2.02. The van der Waals surface area contributed by atoms with Gasteiger partial charge in [-0.05, 0) is 46.9 Å². The summed E-state index contributed by atoms with van der Waals surface area (Å²) < 4.78 is 0. The predicted octanol–water partition coefficient (Wildman–Crippen LogP) is 3.23. The van der Waals surface area contributed by atoms with E-state index in [1.807, 2.05) is 18.2 Å². The van der Waals surface area contributed by atoms with Crippen LogP contribution >= 0.6 is 23.5 Å². The molecule has 0 saturated heterocycles. The molecule has 2 aromatic carbocycles. The van der Waals surface area contributed by atoms with Crippen molar-refractivity contribution >= 4 is 33.9 Å². The molecule has 0 saturated carbocycles. The summed E-state index contributed by atoms with van der Waals surface area (Å²) in [5, 5.41) is 15.0. The maximum atomic E-state index is 7.47. The van der Waals surface area contributed by atoms with E-state index in [9.17, 15) is 0 Å². The van der Waals surface area contributed by atoms with Gasteiger partial charge in [-0.3, -0.25) is 10.8 Å². The van der Waals surface area contributed by atoms with Crippen LogP contribution < -0.4 is 11.5 Å². The molecule has 1 aliphatic rings. The molecule has 0 fully saturated rings. The van der Waals surface area contributed by atoms with Gasteiger partial charge in [0, 0.05) is 9.79 Å². The van der Waals surface area contributed by atoms with Gasteiger partial charge in [0.2, 0.25) is 0 Å². The average Bonchev–Trinajstić information content (AvgIpc) is 2.76. The topological polar surface area (TPSA) is 99.7 Å². The molecular formula is C15H14N4S2. The first kappa shape index (κ1) is 14.0. The van der Waals surface area contributed by atoms with Crippen molar-refractivity contribution in [1.29, 1.82) is 10.8 Å². The lowest BCUT2D eigenvalue weighted by Gasteiger charge is -2.06. The zero-order valence-electron chi connectivity index (χ0n) is 11.1. The molecule has 6 heteroatoms. The molecule has 0 heterocycles. The number of hydrogen-bond donors (Lipinski definition) is 4. The van der Waals surface area contributed by atoms with Gasteiger partial charge in [0.05, 0.1) is 0 Å². The van der Waals surface area contributed by atoms with E-state index in [1.165, 1.54) is 45.8 Å². The van der Waals surface area contributed by atoms with E-state index < -0.39 is 0 Å². The molecule has 0 atom stereocenters. The van der Waals surface area contributed by atoms with Crippen LogP contribution in [0, 0.1) is 10.8 Å². The van der Waals surface area contributed by atoms with Gasteiger partial charge in [0.1, 0.15) is 0 Å². The number of thioether (sulfide) groups is 2. The van der Waals surface area contributed by atoms with Crippen molar-refractivity contribution in [3.63, 3.8) is 0 Å². The van der Waals surface area contributed by atoms with E-state index in [-0.39, 0.29) is 10.3 Å². The molecule has 2 aromatic rings. The van der Waals surface area contributed by atoms with E-state index in [1.54, 1.807) is 0 Å². The maximum Gasteiger partial charge on any atom is 0.155 e. The van der Waals surface area contributed by atoms with Crippen molar-refractivity contribution in [2.75, 3.05) is 0 Å². The van der Waals surface area contributed by atoms with Crippen LogP contribution in [0.4, 0.5) is 0 Å². The lowest BCUT2D eigenvalue weighted by atomic mass is 10.1. The third-order valence-corrected chi connectivity index (χ3v) is 4.85. The lowest BCUT2D eigenvalue weighted by Crippen LogP contribution is -2.03. The molecule has 1 aliphatic carbocycles. The fraction of sp³-hybridized carbons (Fsp3) is 0.0667. The summed E-state index contributed by atoms with van der Waals surface area (Å²) in [6, 6.07) is 12.3. The van der Waals surface area contributed by atoms with Gasteiger partial charge < -0.3 is 11.5 Å². The highest BCUT2D eigenvalue weighted by molar-refractivity contribution is 8.14. The monoisotopic (exact) mass is 314 g/mol. The van der Waals surface area contributed by atoms with Crippen molar-refractivity contribution in [3.05, 3.63) is 47.5 Å². The Bertz CT molecular complexity index is 755. The normalized spacial score (nSPS) is 11.8. The zero-order valence-corrected chi connectivity index (χ0v) is 12.8. The summed E-state index contributed by atoms with van der Waals surface area (Å²) in [7, 11) is 0. The molecule has 0 radical (unpaired) electrons. The Hall–Kier alpha value is -1.92. The molecule has 106 valence electrons. The molecule has 0 amide bonds. The Kier molecular flexibility index (Phi) is 3.65. The minimum Gasteiger partial charge on any atom is -0.378 e. The van der Waals surface area contributed by atoms with Crippen LogP contribution in [0.2, 0.25) is 0 Å². The minimum atomic E-state index is 0.0956. The number of benzene rings is 2. The lowest BCUT2D eigenvalue weighted by molar-refractivity contribution is 1.18. The van der Waals surface area contributed by atoms with Gasteiger partial charge in [0.15, 0.2) is 10.3 Å². The summed E-state index contributed by atoms with van der Waals surface area (Å²) in [6.07, 6.45) is 0.827. The maximum absolute atomic E-state index is 7.47. The number of hydrogen-bond acceptors (Lipinski definition) is 4. The fourth-order valence-electron chi connectivity index (χ4n) is 2.57. The van der Waals surface area contributed by atoms with Gasteiger partial charge >= 0.3 is 0 Å². The molecule has 0 spiro atoms. The van der Waals surface area contributed by atoms with Crippen molar-refractivity contribution in [2.24, 2.45) is 11.5 Å². The molecule has 4 nitrogen and oxygen atoms in total. The second kappa shape index (κ2) is 5.46.